The van der Waals surface area contributed by atoms with Crippen LogP contribution in [0.3, 0.4) is 0 Å². The zero-order valence-corrected chi connectivity index (χ0v) is 12.2. The molecule has 0 amide bonds. The van der Waals surface area contributed by atoms with Crippen LogP contribution in [-0.4, -0.2) is 24.5 Å². The Kier molecular flexibility index (Phi) is 4.24. The second-order valence-corrected chi connectivity index (χ2v) is 5.67. The van der Waals surface area contributed by atoms with Gasteiger partial charge in [0.25, 0.3) is 0 Å². The molecular formula is C17H19ClN2. The summed E-state index contributed by atoms with van der Waals surface area (Å²) in [6, 6.07) is 16.6. The smallest absolute Gasteiger partial charge is 0.0426 e. The number of hydrogen-bond donors (Lipinski definition) is 1. The normalized spacial score (nSPS) is 14.8. The summed E-state index contributed by atoms with van der Waals surface area (Å²) in [7, 11) is 0. The summed E-state index contributed by atoms with van der Waals surface area (Å²) in [5, 5.41) is 4.21. The average molecular weight is 287 g/mol. The average Bonchev–Trinajstić information content (AvgIpc) is 2.47. The van der Waals surface area contributed by atoms with Gasteiger partial charge >= 0.3 is 0 Å². The van der Waals surface area contributed by atoms with Gasteiger partial charge in [0.15, 0.2) is 0 Å². The Bertz CT molecular complexity index is 583. The zero-order chi connectivity index (χ0) is 13.8. The third-order valence-electron chi connectivity index (χ3n) is 3.79. The van der Waals surface area contributed by atoms with Crippen LogP contribution in [0.15, 0.2) is 48.5 Å². The molecule has 2 nitrogen and oxygen atoms in total. The molecule has 1 N–H and O–H groups in total. The second kappa shape index (κ2) is 6.29. The molecule has 3 heteroatoms. The van der Waals surface area contributed by atoms with Crippen LogP contribution >= 0.6 is 11.6 Å². The number of nitrogens with one attached hydrogen (secondary N) is 1. The number of anilines is 1. The third-order valence-corrected chi connectivity index (χ3v) is 4.03. The van der Waals surface area contributed by atoms with E-state index in [0.717, 1.165) is 43.3 Å². The highest BCUT2D eigenvalue weighted by Gasteiger charge is 2.14. The molecule has 1 aliphatic rings. The van der Waals surface area contributed by atoms with Gasteiger partial charge in [-0.05, 0) is 35.7 Å². The van der Waals surface area contributed by atoms with Crippen LogP contribution in [0.1, 0.15) is 11.1 Å². The molecule has 2 aromatic rings. The summed E-state index contributed by atoms with van der Waals surface area (Å²) in [4.78, 5) is 2.50. The lowest BCUT2D eigenvalue weighted by Crippen LogP contribution is -2.34. The lowest BCUT2D eigenvalue weighted by atomic mass is 10.00. The summed E-state index contributed by atoms with van der Waals surface area (Å²) >= 11 is 5.98. The van der Waals surface area contributed by atoms with E-state index in [9.17, 15) is 0 Å². The van der Waals surface area contributed by atoms with Crippen LogP contribution in [-0.2, 0) is 13.0 Å². The van der Waals surface area contributed by atoms with Crippen molar-refractivity contribution in [2.75, 3.05) is 25.0 Å². The maximum Gasteiger partial charge on any atom is 0.0426 e. The fourth-order valence-corrected chi connectivity index (χ4v) is 2.89. The number of fused-ring (bicyclic) bond motifs is 1. The van der Waals surface area contributed by atoms with Crippen molar-refractivity contribution in [3.8, 4) is 0 Å². The summed E-state index contributed by atoms with van der Waals surface area (Å²) in [6.07, 6.45) is 1.16. The standard InChI is InChI=1S/C17H19ClN2/c18-16-6-3-7-17(12-16)19-9-11-20-10-8-14-4-1-2-5-15(14)13-20/h1-7,12,19H,8-11,13H2. The highest BCUT2D eigenvalue weighted by molar-refractivity contribution is 6.30. The maximum absolute atomic E-state index is 5.98. The lowest BCUT2D eigenvalue weighted by molar-refractivity contribution is 0.264. The van der Waals surface area contributed by atoms with Gasteiger partial charge in [-0.2, -0.15) is 0 Å². The van der Waals surface area contributed by atoms with Crippen molar-refractivity contribution in [2.24, 2.45) is 0 Å². The molecule has 0 aliphatic carbocycles. The van der Waals surface area contributed by atoms with Gasteiger partial charge in [0.1, 0.15) is 0 Å². The molecule has 0 spiro atoms. The minimum absolute atomic E-state index is 0.780. The van der Waals surface area contributed by atoms with Gasteiger partial charge in [0, 0.05) is 36.9 Å². The predicted molar refractivity (Wildman–Crippen MR) is 85.4 cm³/mol. The summed E-state index contributed by atoms with van der Waals surface area (Å²) in [5.74, 6) is 0. The molecule has 20 heavy (non-hydrogen) atoms. The van der Waals surface area contributed by atoms with Crippen molar-refractivity contribution in [1.29, 1.82) is 0 Å². The van der Waals surface area contributed by atoms with E-state index < -0.39 is 0 Å². The first kappa shape index (κ1) is 13.5. The van der Waals surface area contributed by atoms with Gasteiger partial charge in [0.2, 0.25) is 0 Å². The van der Waals surface area contributed by atoms with Crippen molar-refractivity contribution >= 4 is 17.3 Å². The van der Waals surface area contributed by atoms with Crippen LogP contribution in [0.25, 0.3) is 0 Å². The van der Waals surface area contributed by atoms with E-state index in [0.29, 0.717) is 0 Å². The van der Waals surface area contributed by atoms with Gasteiger partial charge in [-0.25, -0.2) is 0 Å². The van der Waals surface area contributed by atoms with E-state index in [1.165, 1.54) is 11.1 Å². The fraction of sp³-hybridized carbons (Fsp3) is 0.294. The first-order valence-corrected chi connectivity index (χ1v) is 7.48. The number of benzene rings is 2. The zero-order valence-electron chi connectivity index (χ0n) is 11.5. The van der Waals surface area contributed by atoms with Crippen molar-refractivity contribution < 1.29 is 0 Å². The number of halogens is 1. The van der Waals surface area contributed by atoms with Gasteiger partial charge < -0.3 is 5.32 Å². The van der Waals surface area contributed by atoms with Crippen molar-refractivity contribution in [1.82, 2.24) is 4.90 Å². The van der Waals surface area contributed by atoms with Gasteiger partial charge in [-0.15, -0.1) is 0 Å². The Morgan fingerprint density at radius 3 is 2.75 bits per heavy atom. The number of hydrogen-bond acceptors (Lipinski definition) is 2. The van der Waals surface area contributed by atoms with Crippen LogP contribution in [0, 0.1) is 0 Å². The highest BCUT2D eigenvalue weighted by atomic mass is 35.5. The van der Waals surface area contributed by atoms with Crippen LogP contribution < -0.4 is 5.32 Å². The first-order valence-electron chi connectivity index (χ1n) is 7.10. The van der Waals surface area contributed by atoms with Gasteiger partial charge in [-0.1, -0.05) is 41.9 Å². The maximum atomic E-state index is 5.98. The van der Waals surface area contributed by atoms with Crippen LogP contribution in [0.5, 0.6) is 0 Å². The van der Waals surface area contributed by atoms with Gasteiger partial charge in [0.05, 0.1) is 0 Å². The molecule has 0 atom stereocenters. The van der Waals surface area contributed by atoms with Crippen molar-refractivity contribution in [3.63, 3.8) is 0 Å². The Hall–Kier alpha value is -1.51. The van der Waals surface area contributed by atoms with E-state index in [4.69, 9.17) is 11.6 Å². The summed E-state index contributed by atoms with van der Waals surface area (Å²) < 4.78 is 0. The largest absolute Gasteiger partial charge is 0.384 e. The molecular weight excluding hydrogens is 268 g/mol. The van der Waals surface area contributed by atoms with Crippen LogP contribution in [0.2, 0.25) is 5.02 Å². The molecule has 1 heterocycles. The molecule has 0 saturated carbocycles. The lowest BCUT2D eigenvalue weighted by Gasteiger charge is -2.28. The SMILES string of the molecule is Clc1cccc(NCCN2CCc3ccccc3C2)c1. The topological polar surface area (TPSA) is 15.3 Å². The highest BCUT2D eigenvalue weighted by Crippen LogP contribution is 2.18. The molecule has 0 saturated heterocycles. The van der Waals surface area contributed by atoms with E-state index in [2.05, 4.69) is 40.5 Å². The molecule has 0 bridgehead atoms. The van der Waals surface area contributed by atoms with Gasteiger partial charge in [-0.3, -0.25) is 4.90 Å². The van der Waals surface area contributed by atoms with E-state index in [1.54, 1.807) is 0 Å². The molecule has 0 aromatic heterocycles. The minimum atomic E-state index is 0.780. The number of rotatable bonds is 4. The Morgan fingerprint density at radius 2 is 1.90 bits per heavy atom. The number of nitrogens with zero attached hydrogens (tertiary/aromatic N) is 1. The van der Waals surface area contributed by atoms with Crippen molar-refractivity contribution in [2.45, 2.75) is 13.0 Å². The monoisotopic (exact) mass is 286 g/mol. The third kappa shape index (κ3) is 3.33. The minimum Gasteiger partial charge on any atom is -0.384 e. The Balaban J connectivity index is 1.51. The summed E-state index contributed by atoms with van der Waals surface area (Å²) in [6.45, 7) is 4.21. The molecule has 3 rings (SSSR count). The molecule has 0 unspecified atom stereocenters. The molecule has 0 fully saturated rings. The fourth-order valence-electron chi connectivity index (χ4n) is 2.70. The van der Waals surface area contributed by atoms with Crippen LogP contribution in [0.4, 0.5) is 5.69 Å². The first-order chi connectivity index (χ1) is 9.81. The van der Waals surface area contributed by atoms with E-state index in [1.807, 2.05) is 18.2 Å². The van der Waals surface area contributed by atoms with E-state index >= 15 is 0 Å². The predicted octanol–water partition coefficient (Wildman–Crippen LogP) is 3.81. The quantitative estimate of drug-likeness (QED) is 0.919. The Labute approximate surface area is 125 Å². The molecule has 1 aliphatic heterocycles. The molecule has 104 valence electrons. The second-order valence-electron chi connectivity index (χ2n) is 5.23. The van der Waals surface area contributed by atoms with Crippen molar-refractivity contribution in [3.05, 3.63) is 64.7 Å². The molecule has 2 aromatic carbocycles. The Morgan fingerprint density at radius 1 is 1.05 bits per heavy atom. The molecule has 0 radical (unpaired) electrons. The van der Waals surface area contributed by atoms with E-state index in [-0.39, 0.29) is 0 Å². The summed E-state index contributed by atoms with van der Waals surface area (Å²) in [5.41, 5.74) is 4.07.